The van der Waals surface area contributed by atoms with Gasteiger partial charge >= 0.3 is 12.4 Å². The van der Waals surface area contributed by atoms with Gasteiger partial charge < -0.3 is 14.4 Å². The van der Waals surface area contributed by atoms with Gasteiger partial charge in [-0.1, -0.05) is 30.3 Å². The van der Waals surface area contributed by atoms with Gasteiger partial charge in [0.05, 0.1) is 23.8 Å². The van der Waals surface area contributed by atoms with Crippen molar-refractivity contribution < 1.29 is 40.6 Å². The van der Waals surface area contributed by atoms with Crippen LogP contribution in [0.3, 0.4) is 0 Å². The monoisotopic (exact) mass is 447 g/mol. The number of hydrogen-bond donors (Lipinski definition) is 0. The molecule has 0 N–H and O–H groups in total. The second-order valence-corrected chi connectivity index (χ2v) is 7.07. The Bertz CT molecular complexity index is 881. The summed E-state index contributed by atoms with van der Waals surface area (Å²) in [6, 6.07) is 10.3. The maximum atomic E-state index is 13.1. The van der Waals surface area contributed by atoms with Crippen molar-refractivity contribution in [3.8, 4) is 0 Å². The van der Waals surface area contributed by atoms with E-state index in [1.807, 2.05) is 30.3 Å². The predicted octanol–water partition coefficient (Wildman–Crippen LogP) is 5.19. The molecule has 0 aromatic heterocycles. The molecule has 168 valence electrons. The van der Waals surface area contributed by atoms with E-state index >= 15 is 0 Å². The summed E-state index contributed by atoms with van der Waals surface area (Å²) in [5, 5.41) is 0. The van der Waals surface area contributed by atoms with Crippen molar-refractivity contribution in [1.82, 2.24) is 4.90 Å². The van der Waals surface area contributed by atoms with Crippen LogP contribution in [0.5, 0.6) is 0 Å². The highest BCUT2D eigenvalue weighted by Crippen LogP contribution is 2.38. The molecule has 4 nitrogen and oxygen atoms in total. The summed E-state index contributed by atoms with van der Waals surface area (Å²) >= 11 is 0. The molecule has 2 aromatic carbocycles. The first kappa shape index (κ1) is 23.1. The molecule has 3 rings (SSSR count). The van der Waals surface area contributed by atoms with Crippen LogP contribution in [-0.4, -0.2) is 30.2 Å². The summed E-state index contributed by atoms with van der Waals surface area (Å²) in [6.45, 7) is 1.94. The van der Waals surface area contributed by atoms with E-state index in [1.54, 1.807) is 0 Å². The molecule has 1 fully saturated rings. The van der Waals surface area contributed by atoms with Gasteiger partial charge in [0, 0.05) is 13.1 Å². The fourth-order valence-corrected chi connectivity index (χ4v) is 3.14. The molecule has 1 unspecified atom stereocenters. The van der Waals surface area contributed by atoms with Crippen LogP contribution in [0.4, 0.5) is 26.3 Å². The van der Waals surface area contributed by atoms with E-state index < -0.39 is 41.8 Å². The minimum absolute atomic E-state index is 0.0417. The van der Waals surface area contributed by atoms with Crippen molar-refractivity contribution in [2.45, 2.75) is 38.2 Å². The average molecular weight is 447 g/mol. The molecule has 2 atom stereocenters. The van der Waals surface area contributed by atoms with Crippen molar-refractivity contribution in [2.24, 2.45) is 0 Å². The fourth-order valence-electron chi connectivity index (χ4n) is 3.14. The Labute approximate surface area is 174 Å². The first-order valence-corrected chi connectivity index (χ1v) is 9.34. The molecule has 1 saturated heterocycles. The van der Waals surface area contributed by atoms with E-state index in [1.165, 1.54) is 11.8 Å². The highest BCUT2D eigenvalue weighted by molar-refractivity contribution is 5.80. The normalized spacial score (nSPS) is 18.9. The van der Waals surface area contributed by atoms with Crippen LogP contribution in [0.2, 0.25) is 0 Å². The zero-order valence-corrected chi connectivity index (χ0v) is 16.3. The van der Waals surface area contributed by atoms with Gasteiger partial charge in [0.1, 0.15) is 0 Å². The number of carbonyl (C=O) groups is 1. The van der Waals surface area contributed by atoms with E-state index in [0.717, 1.165) is 5.56 Å². The summed E-state index contributed by atoms with van der Waals surface area (Å²) in [7, 11) is 0. The molecule has 31 heavy (non-hydrogen) atoms. The second-order valence-electron chi connectivity index (χ2n) is 7.07. The van der Waals surface area contributed by atoms with Crippen molar-refractivity contribution >= 4 is 5.91 Å². The van der Waals surface area contributed by atoms with Crippen molar-refractivity contribution in [1.29, 1.82) is 0 Å². The highest BCUT2D eigenvalue weighted by Gasteiger charge is 2.38. The predicted molar refractivity (Wildman–Crippen MR) is 97.5 cm³/mol. The molecular formula is C21H19F6NO3. The summed E-state index contributed by atoms with van der Waals surface area (Å²) in [6.07, 6.45) is -12.6. The molecule has 10 heteroatoms. The number of amides is 1. The number of halogens is 6. The summed E-state index contributed by atoms with van der Waals surface area (Å²) in [4.78, 5) is 14.1. The topological polar surface area (TPSA) is 38.8 Å². The number of alkyl halides is 6. The van der Waals surface area contributed by atoms with Gasteiger partial charge in [-0.2, -0.15) is 26.3 Å². The second kappa shape index (κ2) is 8.88. The molecule has 0 radical (unpaired) electrons. The molecule has 0 spiro atoms. The molecule has 0 saturated carbocycles. The van der Waals surface area contributed by atoms with Crippen molar-refractivity contribution in [2.75, 3.05) is 13.2 Å². The number of rotatable bonds is 5. The van der Waals surface area contributed by atoms with Gasteiger partial charge in [-0.3, -0.25) is 4.79 Å². The van der Waals surface area contributed by atoms with Crippen molar-refractivity contribution in [3.05, 3.63) is 70.8 Å². The van der Waals surface area contributed by atoms with Crippen LogP contribution in [-0.2, 0) is 33.2 Å². The fraction of sp³-hybridized carbons (Fsp3) is 0.381. The quantitative estimate of drug-likeness (QED) is 0.593. The lowest BCUT2D eigenvalue weighted by Crippen LogP contribution is -2.48. The van der Waals surface area contributed by atoms with E-state index in [9.17, 15) is 31.1 Å². The lowest BCUT2D eigenvalue weighted by atomic mass is 10.0. The Morgan fingerprint density at radius 1 is 1.03 bits per heavy atom. The summed E-state index contributed by atoms with van der Waals surface area (Å²) in [5.74, 6) is -0.551. The molecule has 0 aliphatic carbocycles. The Kier molecular flexibility index (Phi) is 6.61. The first-order valence-electron chi connectivity index (χ1n) is 9.34. The number of nitrogens with zero attached hydrogens (tertiary/aromatic N) is 1. The molecule has 1 amide bonds. The number of hydrogen-bond acceptors (Lipinski definition) is 3. The Morgan fingerprint density at radius 2 is 1.61 bits per heavy atom. The number of ether oxygens (including phenoxy) is 2. The van der Waals surface area contributed by atoms with E-state index in [-0.39, 0.29) is 31.3 Å². The minimum Gasteiger partial charge on any atom is -0.343 e. The summed E-state index contributed by atoms with van der Waals surface area (Å²) in [5.41, 5.74) is -2.40. The van der Waals surface area contributed by atoms with Gasteiger partial charge in [0.25, 0.3) is 5.91 Å². The molecule has 1 aliphatic rings. The third-order valence-corrected chi connectivity index (χ3v) is 4.77. The van der Waals surface area contributed by atoms with E-state index in [0.29, 0.717) is 12.1 Å². The smallest absolute Gasteiger partial charge is 0.343 e. The van der Waals surface area contributed by atoms with Crippen LogP contribution in [0.25, 0.3) is 0 Å². The molecule has 2 aromatic rings. The van der Waals surface area contributed by atoms with Crippen LogP contribution in [0.1, 0.15) is 35.3 Å². The molecule has 0 bridgehead atoms. The Hall–Kier alpha value is -2.59. The number of carbonyl (C=O) groups excluding carboxylic acids is 1. The number of morpholine rings is 1. The minimum atomic E-state index is -4.97. The SMILES string of the molecule is C[C@@H](OC1OCCN(Cc2ccccc2)C1=O)c1cc(C(F)(F)F)cc(C(F)(F)F)c1. The zero-order valence-electron chi connectivity index (χ0n) is 16.3. The largest absolute Gasteiger partial charge is 0.416 e. The molecule has 1 heterocycles. The van der Waals surface area contributed by atoms with E-state index in [2.05, 4.69) is 0 Å². The lowest BCUT2D eigenvalue weighted by molar-refractivity contribution is -0.209. The average Bonchev–Trinajstić information content (AvgIpc) is 2.70. The standard InChI is InChI=1S/C21H19F6NO3/c1-13(15-9-16(20(22,23)24)11-17(10-15)21(25,26)27)31-19-18(29)28(7-8-30-19)12-14-5-3-2-4-6-14/h2-6,9-11,13,19H,7-8,12H2,1H3/t13-,19?/m1/s1. The third kappa shape index (κ3) is 5.76. The van der Waals surface area contributed by atoms with Crippen LogP contribution in [0, 0.1) is 0 Å². The van der Waals surface area contributed by atoms with Gasteiger partial charge in [0.2, 0.25) is 6.29 Å². The van der Waals surface area contributed by atoms with Crippen molar-refractivity contribution in [3.63, 3.8) is 0 Å². The molecule has 1 aliphatic heterocycles. The van der Waals surface area contributed by atoms with Crippen LogP contribution < -0.4 is 0 Å². The Balaban J connectivity index is 1.78. The maximum absolute atomic E-state index is 13.1. The Morgan fingerprint density at radius 3 is 2.16 bits per heavy atom. The number of benzene rings is 2. The highest BCUT2D eigenvalue weighted by atomic mass is 19.4. The zero-order chi connectivity index (χ0) is 22.8. The molecular weight excluding hydrogens is 428 g/mol. The van der Waals surface area contributed by atoms with Gasteiger partial charge in [-0.25, -0.2) is 0 Å². The summed E-state index contributed by atoms with van der Waals surface area (Å²) < 4.78 is 89.2. The van der Waals surface area contributed by atoms with Crippen LogP contribution in [0.15, 0.2) is 48.5 Å². The third-order valence-electron chi connectivity index (χ3n) is 4.77. The first-order chi connectivity index (χ1) is 14.4. The lowest BCUT2D eigenvalue weighted by Gasteiger charge is -2.33. The van der Waals surface area contributed by atoms with Gasteiger partial charge in [-0.05, 0) is 36.2 Å². The van der Waals surface area contributed by atoms with Crippen LogP contribution >= 0.6 is 0 Å². The van der Waals surface area contributed by atoms with Gasteiger partial charge in [-0.15, -0.1) is 0 Å². The van der Waals surface area contributed by atoms with E-state index in [4.69, 9.17) is 9.47 Å². The van der Waals surface area contributed by atoms with Gasteiger partial charge in [0.15, 0.2) is 0 Å². The maximum Gasteiger partial charge on any atom is 0.416 e.